The summed E-state index contributed by atoms with van der Waals surface area (Å²) in [5.74, 6) is 1.30. The first-order chi connectivity index (χ1) is 13.5. The van der Waals surface area contributed by atoms with Crippen LogP contribution in [0.1, 0.15) is 16.7 Å². The van der Waals surface area contributed by atoms with E-state index in [0.29, 0.717) is 29.7 Å². The smallest absolute Gasteiger partial charge is 0.175 e. The minimum atomic E-state index is 0.355. The van der Waals surface area contributed by atoms with Gasteiger partial charge in [-0.15, -0.1) is 0 Å². The second kappa shape index (κ2) is 9.55. The van der Waals surface area contributed by atoms with E-state index < -0.39 is 0 Å². The first kappa shape index (κ1) is 20.8. The number of rotatable bonds is 7. The van der Waals surface area contributed by atoms with Crippen molar-refractivity contribution in [1.29, 1.82) is 0 Å². The minimum absolute atomic E-state index is 0.355. The van der Waals surface area contributed by atoms with Gasteiger partial charge in [-0.25, -0.2) is 0 Å². The zero-order valence-corrected chi connectivity index (χ0v) is 18.7. The van der Waals surface area contributed by atoms with Crippen LogP contribution in [0.4, 0.5) is 5.69 Å². The van der Waals surface area contributed by atoms with Crippen molar-refractivity contribution in [2.45, 2.75) is 20.1 Å². The number of nitrogens with one attached hydrogen (secondary N) is 1. The van der Waals surface area contributed by atoms with Gasteiger partial charge >= 0.3 is 0 Å². The molecule has 0 amide bonds. The molecule has 0 saturated carbocycles. The zero-order valence-electron chi connectivity index (χ0n) is 15.6. The van der Waals surface area contributed by atoms with Gasteiger partial charge in [-0.05, 0) is 64.3 Å². The molecule has 0 unspecified atom stereocenters. The number of ether oxygens (including phenoxy) is 2. The largest absolute Gasteiger partial charge is 0.493 e. The van der Waals surface area contributed by atoms with Crippen LogP contribution in [0.2, 0.25) is 10.0 Å². The molecule has 0 fully saturated rings. The highest BCUT2D eigenvalue weighted by molar-refractivity contribution is 9.10. The molecule has 0 bridgehead atoms. The van der Waals surface area contributed by atoms with E-state index in [9.17, 15) is 0 Å². The van der Waals surface area contributed by atoms with E-state index in [-0.39, 0.29) is 0 Å². The number of hydrogen-bond acceptors (Lipinski definition) is 3. The molecule has 0 atom stereocenters. The van der Waals surface area contributed by atoms with Crippen molar-refractivity contribution >= 4 is 44.8 Å². The Kier molecular flexibility index (Phi) is 7.11. The quantitative estimate of drug-likeness (QED) is 0.385. The molecule has 1 N–H and O–H groups in total. The Morgan fingerprint density at radius 2 is 1.75 bits per heavy atom. The van der Waals surface area contributed by atoms with Gasteiger partial charge in [0.25, 0.3) is 0 Å². The standard InChI is InChI=1S/C22H20BrCl2NO2/c1-14-18(24)8-5-9-20(14)26-12-15-10-17(23)22(21(11-15)27-2)28-13-16-6-3-4-7-19(16)25/h3-11,26H,12-13H2,1-2H3. The molecule has 3 nitrogen and oxygen atoms in total. The molecule has 146 valence electrons. The SMILES string of the molecule is COc1cc(CNc2cccc(Cl)c2C)cc(Br)c1OCc1ccccc1Cl. The normalized spacial score (nSPS) is 10.6. The Labute approximate surface area is 183 Å². The average molecular weight is 481 g/mol. The Morgan fingerprint density at radius 3 is 2.50 bits per heavy atom. The molecule has 6 heteroatoms. The summed E-state index contributed by atoms with van der Waals surface area (Å²) in [5.41, 5.74) is 3.99. The molecule has 0 saturated heterocycles. The fraction of sp³-hybridized carbons (Fsp3) is 0.182. The molecule has 3 aromatic rings. The topological polar surface area (TPSA) is 30.5 Å². The van der Waals surface area contributed by atoms with E-state index in [2.05, 4.69) is 21.2 Å². The molecule has 3 rings (SSSR count). The lowest BCUT2D eigenvalue weighted by molar-refractivity contribution is 0.282. The van der Waals surface area contributed by atoms with Gasteiger partial charge in [-0.1, -0.05) is 47.5 Å². The zero-order chi connectivity index (χ0) is 20.1. The average Bonchev–Trinajstić information content (AvgIpc) is 2.69. The molecule has 0 aliphatic rings. The lowest BCUT2D eigenvalue weighted by Gasteiger charge is -2.16. The van der Waals surface area contributed by atoms with Crippen molar-refractivity contribution in [1.82, 2.24) is 0 Å². The third-order valence-electron chi connectivity index (χ3n) is 4.37. The van der Waals surface area contributed by atoms with Crippen LogP contribution in [0.3, 0.4) is 0 Å². The molecule has 0 spiro atoms. The van der Waals surface area contributed by atoms with E-state index in [1.165, 1.54) is 0 Å². The summed E-state index contributed by atoms with van der Waals surface area (Å²) in [4.78, 5) is 0. The molecule has 0 aliphatic carbocycles. The van der Waals surface area contributed by atoms with Crippen LogP contribution >= 0.6 is 39.1 Å². The lowest BCUT2D eigenvalue weighted by Crippen LogP contribution is -2.04. The number of benzene rings is 3. The highest BCUT2D eigenvalue weighted by atomic mass is 79.9. The van der Waals surface area contributed by atoms with Crippen LogP contribution in [0, 0.1) is 6.92 Å². The molecule has 0 aliphatic heterocycles. The lowest BCUT2D eigenvalue weighted by atomic mass is 10.1. The van der Waals surface area contributed by atoms with E-state index in [1.54, 1.807) is 7.11 Å². The van der Waals surface area contributed by atoms with Crippen LogP contribution in [-0.2, 0) is 13.2 Å². The molecule has 0 radical (unpaired) electrons. The summed E-state index contributed by atoms with van der Waals surface area (Å²) in [6.07, 6.45) is 0. The summed E-state index contributed by atoms with van der Waals surface area (Å²) in [7, 11) is 1.63. The molecule has 3 aromatic carbocycles. The first-order valence-electron chi connectivity index (χ1n) is 8.71. The van der Waals surface area contributed by atoms with Crippen LogP contribution < -0.4 is 14.8 Å². The summed E-state index contributed by atoms with van der Waals surface area (Å²) in [5, 5.41) is 4.83. The maximum Gasteiger partial charge on any atom is 0.175 e. The second-order valence-corrected chi connectivity index (χ2v) is 7.92. The fourth-order valence-corrected chi connectivity index (χ4v) is 3.75. The Balaban J connectivity index is 1.75. The molecule has 28 heavy (non-hydrogen) atoms. The number of halogens is 3. The number of anilines is 1. The molecular formula is C22H20BrCl2NO2. The number of methoxy groups -OCH3 is 1. The van der Waals surface area contributed by atoms with Gasteiger partial charge in [0, 0.05) is 27.8 Å². The Hall–Kier alpha value is -1.88. The maximum atomic E-state index is 6.21. The van der Waals surface area contributed by atoms with Crippen molar-refractivity contribution in [3.8, 4) is 11.5 Å². The van der Waals surface area contributed by atoms with Crippen molar-refractivity contribution in [3.63, 3.8) is 0 Å². The first-order valence-corrected chi connectivity index (χ1v) is 10.3. The van der Waals surface area contributed by atoms with Crippen molar-refractivity contribution < 1.29 is 9.47 Å². The van der Waals surface area contributed by atoms with Gasteiger partial charge in [0.15, 0.2) is 11.5 Å². The highest BCUT2D eigenvalue weighted by Crippen LogP contribution is 2.38. The van der Waals surface area contributed by atoms with E-state index in [4.69, 9.17) is 32.7 Å². The Morgan fingerprint density at radius 1 is 1.00 bits per heavy atom. The van der Waals surface area contributed by atoms with Gasteiger partial charge in [-0.2, -0.15) is 0 Å². The summed E-state index contributed by atoms with van der Waals surface area (Å²) >= 11 is 16.0. The van der Waals surface area contributed by atoms with Crippen LogP contribution in [-0.4, -0.2) is 7.11 Å². The Bertz CT molecular complexity index is 979. The van der Waals surface area contributed by atoms with E-state index in [0.717, 1.165) is 31.9 Å². The molecule has 0 aromatic heterocycles. The maximum absolute atomic E-state index is 6.21. The van der Waals surface area contributed by atoms with Gasteiger partial charge in [0.2, 0.25) is 0 Å². The van der Waals surface area contributed by atoms with E-state index in [1.807, 2.05) is 61.5 Å². The van der Waals surface area contributed by atoms with Gasteiger partial charge in [0.05, 0.1) is 11.6 Å². The summed E-state index contributed by atoms with van der Waals surface area (Å²) in [6.45, 7) is 2.97. The van der Waals surface area contributed by atoms with E-state index >= 15 is 0 Å². The third-order valence-corrected chi connectivity index (χ3v) is 5.74. The monoisotopic (exact) mass is 479 g/mol. The van der Waals surface area contributed by atoms with Crippen molar-refractivity contribution in [3.05, 3.63) is 85.8 Å². The highest BCUT2D eigenvalue weighted by Gasteiger charge is 2.13. The van der Waals surface area contributed by atoms with Crippen molar-refractivity contribution in [2.75, 3.05) is 12.4 Å². The predicted octanol–water partition coefficient (Wildman–Crippen LogP) is 7.26. The number of hydrogen-bond donors (Lipinski definition) is 1. The molecular weight excluding hydrogens is 461 g/mol. The summed E-state index contributed by atoms with van der Waals surface area (Å²) in [6, 6.07) is 17.4. The van der Waals surface area contributed by atoms with Crippen LogP contribution in [0.5, 0.6) is 11.5 Å². The summed E-state index contributed by atoms with van der Waals surface area (Å²) < 4.78 is 12.3. The van der Waals surface area contributed by atoms with Crippen LogP contribution in [0.25, 0.3) is 0 Å². The molecule has 0 heterocycles. The second-order valence-electron chi connectivity index (χ2n) is 6.26. The van der Waals surface area contributed by atoms with Gasteiger partial charge in [0.1, 0.15) is 6.61 Å². The fourth-order valence-electron chi connectivity index (χ4n) is 2.78. The predicted molar refractivity (Wildman–Crippen MR) is 120 cm³/mol. The van der Waals surface area contributed by atoms with Gasteiger partial charge < -0.3 is 14.8 Å². The van der Waals surface area contributed by atoms with Gasteiger partial charge in [-0.3, -0.25) is 0 Å². The van der Waals surface area contributed by atoms with Crippen molar-refractivity contribution in [2.24, 2.45) is 0 Å². The van der Waals surface area contributed by atoms with Crippen LogP contribution in [0.15, 0.2) is 59.1 Å². The third kappa shape index (κ3) is 4.93. The minimum Gasteiger partial charge on any atom is -0.493 e.